The maximum atomic E-state index is 13.3. The van der Waals surface area contributed by atoms with Crippen molar-refractivity contribution in [2.45, 2.75) is 17.4 Å². The van der Waals surface area contributed by atoms with E-state index in [0.717, 1.165) is 11.8 Å². The summed E-state index contributed by atoms with van der Waals surface area (Å²) in [5.41, 5.74) is 1.18. The van der Waals surface area contributed by atoms with Crippen molar-refractivity contribution in [2.75, 3.05) is 13.2 Å². The van der Waals surface area contributed by atoms with Gasteiger partial charge in [-0.05, 0) is 42.0 Å². The van der Waals surface area contributed by atoms with Gasteiger partial charge in [-0.25, -0.2) is 8.42 Å². The van der Waals surface area contributed by atoms with Gasteiger partial charge in [0.05, 0.1) is 18.1 Å². The topological polar surface area (TPSA) is 98.0 Å². The third-order valence-corrected chi connectivity index (χ3v) is 6.66. The van der Waals surface area contributed by atoms with Crippen LogP contribution in [-0.2, 0) is 10.0 Å². The molecule has 8 heteroatoms. The van der Waals surface area contributed by atoms with E-state index in [1.54, 1.807) is 24.3 Å². The molecule has 0 aliphatic carbocycles. The second-order valence-corrected chi connectivity index (χ2v) is 9.21. The summed E-state index contributed by atoms with van der Waals surface area (Å²) < 4.78 is 46.6. The molecular formula is C24H21NO6S. The maximum Gasteiger partial charge on any atom is 0.241 e. The van der Waals surface area contributed by atoms with Crippen LogP contribution in [0.3, 0.4) is 0 Å². The van der Waals surface area contributed by atoms with E-state index in [0.29, 0.717) is 41.6 Å². The number of rotatable bonds is 5. The summed E-state index contributed by atoms with van der Waals surface area (Å²) in [6.45, 7) is 0.970. The molecule has 0 saturated carbocycles. The quantitative estimate of drug-likeness (QED) is 0.468. The predicted molar refractivity (Wildman–Crippen MR) is 119 cm³/mol. The van der Waals surface area contributed by atoms with Crippen molar-refractivity contribution in [2.24, 2.45) is 0 Å². The number of benzene rings is 3. The number of phenolic OH excluding ortho intramolecular Hbond substituents is 1. The largest absolute Gasteiger partial charge is 0.508 e. The summed E-state index contributed by atoms with van der Waals surface area (Å²) in [7, 11) is -3.98. The molecule has 5 rings (SSSR count). The van der Waals surface area contributed by atoms with Crippen molar-refractivity contribution in [1.29, 1.82) is 0 Å². The average molecular weight is 452 g/mol. The van der Waals surface area contributed by atoms with E-state index in [1.165, 1.54) is 24.3 Å². The Hall–Kier alpha value is -3.49. The summed E-state index contributed by atoms with van der Waals surface area (Å²) in [5, 5.41) is 10.8. The number of ether oxygens (including phenoxy) is 2. The van der Waals surface area contributed by atoms with Crippen molar-refractivity contribution in [3.63, 3.8) is 0 Å². The van der Waals surface area contributed by atoms with Crippen LogP contribution < -0.4 is 14.2 Å². The number of aromatic hydroxyl groups is 1. The van der Waals surface area contributed by atoms with Crippen LogP contribution >= 0.6 is 0 Å². The second-order valence-electron chi connectivity index (χ2n) is 7.49. The van der Waals surface area contributed by atoms with Crippen LogP contribution in [0.4, 0.5) is 0 Å². The van der Waals surface area contributed by atoms with E-state index in [2.05, 4.69) is 4.72 Å². The third kappa shape index (κ3) is 4.02. The Morgan fingerprint density at radius 1 is 0.875 bits per heavy atom. The van der Waals surface area contributed by atoms with E-state index >= 15 is 0 Å². The molecule has 7 nitrogen and oxygen atoms in total. The third-order valence-electron chi connectivity index (χ3n) is 5.23. The van der Waals surface area contributed by atoms with Gasteiger partial charge in [-0.3, -0.25) is 0 Å². The number of nitrogens with one attached hydrogen (secondary N) is 1. The molecule has 0 saturated heterocycles. The second kappa shape index (κ2) is 8.22. The minimum absolute atomic E-state index is 0.0263. The molecule has 1 aliphatic heterocycles. The first kappa shape index (κ1) is 20.4. The first-order valence-corrected chi connectivity index (χ1v) is 11.7. The first-order chi connectivity index (χ1) is 15.5. The van der Waals surface area contributed by atoms with E-state index in [1.807, 2.05) is 24.3 Å². The van der Waals surface area contributed by atoms with Crippen molar-refractivity contribution in [3.8, 4) is 17.2 Å². The highest BCUT2D eigenvalue weighted by molar-refractivity contribution is 7.89. The number of furan rings is 1. The highest BCUT2D eigenvalue weighted by Crippen LogP contribution is 2.34. The fourth-order valence-electron chi connectivity index (χ4n) is 3.67. The van der Waals surface area contributed by atoms with E-state index in [-0.39, 0.29) is 10.6 Å². The number of hydrogen-bond donors (Lipinski definition) is 2. The minimum Gasteiger partial charge on any atom is -0.508 e. The van der Waals surface area contributed by atoms with Gasteiger partial charge in [-0.15, -0.1) is 0 Å². The Labute approximate surface area is 185 Å². The summed E-state index contributed by atoms with van der Waals surface area (Å²) in [6.07, 6.45) is 0.723. The molecule has 164 valence electrons. The number of para-hydroxylation sites is 1. The normalized spacial score (nSPS) is 14.8. The van der Waals surface area contributed by atoms with Gasteiger partial charge in [0.2, 0.25) is 10.0 Å². The van der Waals surface area contributed by atoms with Gasteiger partial charge in [-0.1, -0.05) is 30.3 Å². The van der Waals surface area contributed by atoms with Gasteiger partial charge in [-0.2, -0.15) is 4.72 Å². The first-order valence-electron chi connectivity index (χ1n) is 10.2. The smallest absolute Gasteiger partial charge is 0.241 e. The van der Waals surface area contributed by atoms with Gasteiger partial charge in [0.25, 0.3) is 0 Å². The van der Waals surface area contributed by atoms with Crippen LogP contribution in [0.5, 0.6) is 17.2 Å². The zero-order chi connectivity index (χ0) is 22.1. The van der Waals surface area contributed by atoms with Crippen LogP contribution in [0.25, 0.3) is 11.0 Å². The van der Waals surface area contributed by atoms with Gasteiger partial charge in [0.1, 0.15) is 23.1 Å². The fraction of sp³-hybridized carbons (Fsp3) is 0.167. The molecule has 0 radical (unpaired) electrons. The van der Waals surface area contributed by atoms with Crippen LogP contribution in [0.2, 0.25) is 0 Å². The van der Waals surface area contributed by atoms with Gasteiger partial charge in [0, 0.05) is 17.9 Å². The van der Waals surface area contributed by atoms with Crippen molar-refractivity contribution in [3.05, 3.63) is 84.1 Å². The molecule has 4 aromatic rings. The lowest BCUT2D eigenvalue weighted by Gasteiger charge is -2.18. The monoisotopic (exact) mass is 451 g/mol. The van der Waals surface area contributed by atoms with Gasteiger partial charge >= 0.3 is 0 Å². The molecule has 0 spiro atoms. The Balaban J connectivity index is 1.55. The predicted octanol–water partition coefficient (Wildman–Crippen LogP) is 4.37. The molecule has 1 unspecified atom stereocenters. The van der Waals surface area contributed by atoms with Crippen molar-refractivity contribution >= 4 is 21.0 Å². The Morgan fingerprint density at radius 2 is 1.69 bits per heavy atom. The SMILES string of the molecule is O=S(=O)(NC(c1cccc(O)c1)c1cc2ccccc2o1)c1ccc2c(c1)OCCCO2. The van der Waals surface area contributed by atoms with Crippen LogP contribution in [-0.4, -0.2) is 26.7 Å². The molecule has 1 aromatic heterocycles. The van der Waals surface area contributed by atoms with Gasteiger partial charge in [0.15, 0.2) is 11.5 Å². The molecule has 1 atom stereocenters. The molecule has 0 fully saturated rings. The molecule has 2 heterocycles. The summed E-state index contributed by atoms with van der Waals surface area (Å²) in [4.78, 5) is 0.0445. The van der Waals surface area contributed by atoms with Crippen LogP contribution in [0.15, 0.2) is 82.1 Å². The zero-order valence-corrected chi connectivity index (χ0v) is 17.8. The Kier molecular flexibility index (Phi) is 5.24. The summed E-state index contributed by atoms with van der Waals surface area (Å²) in [5.74, 6) is 1.35. The average Bonchev–Trinajstić information content (AvgIpc) is 3.07. The minimum atomic E-state index is -3.98. The lowest BCUT2D eigenvalue weighted by molar-refractivity contribution is 0.297. The molecule has 2 N–H and O–H groups in total. The molecule has 0 bridgehead atoms. The zero-order valence-electron chi connectivity index (χ0n) is 17.0. The highest BCUT2D eigenvalue weighted by Gasteiger charge is 2.27. The lowest BCUT2D eigenvalue weighted by atomic mass is 10.0. The lowest BCUT2D eigenvalue weighted by Crippen LogP contribution is -2.29. The van der Waals surface area contributed by atoms with Crippen molar-refractivity contribution < 1.29 is 27.4 Å². The number of sulfonamides is 1. The maximum absolute atomic E-state index is 13.3. The van der Waals surface area contributed by atoms with Crippen LogP contribution in [0.1, 0.15) is 23.8 Å². The molecular weight excluding hydrogens is 430 g/mol. The standard InChI is InChI=1S/C24H21NO6S/c26-18-7-3-6-17(13-18)24(23-14-16-5-1-2-8-20(16)31-23)25-32(27,28)19-9-10-21-22(15-19)30-12-4-11-29-21/h1-3,5-10,13-15,24-26H,4,11-12H2. The summed E-state index contributed by atoms with van der Waals surface area (Å²) >= 11 is 0. The molecule has 1 aliphatic rings. The number of fused-ring (bicyclic) bond motifs is 2. The van der Waals surface area contributed by atoms with E-state index < -0.39 is 16.1 Å². The van der Waals surface area contributed by atoms with Gasteiger partial charge < -0.3 is 19.0 Å². The van der Waals surface area contributed by atoms with E-state index in [4.69, 9.17) is 13.9 Å². The van der Waals surface area contributed by atoms with Crippen LogP contribution in [0, 0.1) is 0 Å². The molecule has 3 aromatic carbocycles. The number of phenols is 1. The Bertz CT molecular complexity index is 1350. The number of hydrogen-bond acceptors (Lipinski definition) is 6. The fourth-order valence-corrected chi connectivity index (χ4v) is 4.88. The summed E-state index contributed by atoms with van der Waals surface area (Å²) in [6, 6.07) is 19.3. The van der Waals surface area contributed by atoms with E-state index in [9.17, 15) is 13.5 Å². The molecule has 32 heavy (non-hydrogen) atoms. The van der Waals surface area contributed by atoms with Crippen molar-refractivity contribution in [1.82, 2.24) is 4.72 Å². The molecule has 0 amide bonds. The highest BCUT2D eigenvalue weighted by atomic mass is 32.2. The Morgan fingerprint density at radius 3 is 2.50 bits per heavy atom.